The van der Waals surface area contributed by atoms with Crippen LogP contribution in [0.25, 0.3) is 0 Å². The molecule has 0 spiro atoms. The van der Waals surface area contributed by atoms with Crippen LogP contribution in [-0.4, -0.2) is 80.1 Å². The van der Waals surface area contributed by atoms with Crippen molar-refractivity contribution < 1.29 is 23.8 Å². The molecule has 2 heterocycles. The van der Waals surface area contributed by atoms with Gasteiger partial charge in [0.1, 0.15) is 0 Å². The SMILES string of the molecule is COc1cc(C(=O)N2CCN(CC(=O)c3cc(C)n(C(C)(C)C)c3C)CC2)cc(OC)c1OC. The molecule has 0 aliphatic carbocycles. The summed E-state index contributed by atoms with van der Waals surface area (Å²) < 4.78 is 18.3. The molecule has 186 valence electrons. The van der Waals surface area contributed by atoms with Crippen molar-refractivity contribution in [2.24, 2.45) is 0 Å². The highest BCUT2D eigenvalue weighted by Gasteiger charge is 2.27. The number of hydrogen-bond donors (Lipinski definition) is 0. The first-order chi connectivity index (χ1) is 16.0. The lowest BCUT2D eigenvalue weighted by molar-refractivity contribution is 0.0623. The number of aromatic nitrogens is 1. The molecule has 1 saturated heterocycles. The number of piperazine rings is 1. The van der Waals surface area contributed by atoms with Gasteiger partial charge in [0.25, 0.3) is 5.91 Å². The van der Waals surface area contributed by atoms with Gasteiger partial charge in [-0.3, -0.25) is 14.5 Å². The van der Waals surface area contributed by atoms with Crippen LogP contribution < -0.4 is 14.2 Å². The maximum atomic E-state index is 13.2. The van der Waals surface area contributed by atoms with Crippen LogP contribution in [0.2, 0.25) is 0 Å². The summed E-state index contributed by atoms with van der Waals surface area (Å²) in [6, 6.07) is 5.34. The van der Waals surface area contributed by atoms with Gasteiger partial charge in [-0.05, 0) is 52.8 Å². The fraction of sp³-hybridized carbons (Fsp3) is 0.538. The van der Waals surface area contributed by atoms with Crippen LogP contribution in [0.5, 0.6) is 17.2 Å². The van der Waals surface area contributed by atoms with Crippen LogP contribution in [0.1, 0.15) is 52.9 Å². The van der Waals surface area contributed by atoms with Crippen LogP contribution in [0, 0.1) is 13.8 Å². The summed E-state index contributed by atoms with van der Waals surface area (Å²) in [7, 11) is 4.59. The van der Waals surface area contributed by atoms with E-state index in [1.54, 1.807) is 17.0 Å². The molecule has 0 atom stereocenters. The Morgan fingerprint density at radius 3 is 1.88 bits per heavy atom. The van der Waals surface area contributed by atoms with Crippen molar-refractivity contribution in [3.05, 3.63) is 40.7 Å². The van der Waals surface area contributed by atoms with E-state index in [4.69, 9.17) is 14.2 Å². The summed E-state index contributed by atoms with van der Waals surface area (Å²) in [5.41, 5.74) is 3.28. The molecule has 1 aliphatic rings. The van der Waals surface area contributed by atoms with E-state index >= 15 is 0 Å². The highest BCUT2D eigenvalue weighted by Crippen LogP contribution is 2.38. The molecule has 0 unspecified atom stereocenters. The predicted molar refractivity (Wildman–Crippen MR) is 132 cm³/mol. The first-order valence-corrected chi connectivity index (χ1v) is 11.6. The van der Waals surface area contributed by atoms with Crippen LogP contribution in [0.3, 0.4) is 0 Å². The van der Waals surface area contributed by atoms with Crippen LogP contribution in [-0.2, 0) is 5.54 Å². The number of rotatable bonds is 7. The number of nitrogens with zero attached hydrogens (tertiary/aromatic N) is 3. The van der Waals surface area contributed by atoms with Gasteiger partial charge < -0.3 is 23.7 Å². The Morgan fingerprint density at radius 1 is 0.882 bits per heavy atom. The molecule has 2 aromatic rings. The van der Waals surface area contributed by atoms with Crippen molar-refractivity contribution in [1.82, 2.24) is 14.4 Å². The number of hydrogen-bond acceptors (Lipinski definition) is 6. The molecular weight excluding hydrogens is 434 g/mol. The van der Waals surface area contributed by atoms with E-state index in [1.165, 1.54) is 21.3 Å². The van der Waals surface area contributed by atoms with Crippen LogP contribution in [0.15, 0.2) is 18.2 Å². The smallest absolute Gasteiger partial charge is 0.254 e. The fourth-order valence-electron chi connectivity index (χ4n) is 4.86. The first-order valence-electron chi connectivity index (χ1n) is 11.6. The second-order valence-electron chi connectivity index (χ2n) is 9.70. The Morgan fingerprint density at radius 2 is 1.44 bits per heavy atom. The quantitative estimate of drug-likeness (QED) is 0.576. The number of ketones is 1. The normalized spacial score (nSPS) is 14.8. The summed E-state index contributed by atoms with van der Waals surface area (Å²) in [6.45, 7) is 13.2. The Hall–Kier alpha value is -3.00. The minimum Gasteiger partial charge on any atom is -0.493 e. The molecule has 0 bridgehead atoms. The van der Waals surface area contributed by atoms with Gasteiger partial charge in [0, 0.05) is 54.2 Å². The summed E-state index contributed by atoms with van der Waals surface area (Å²) in [6.07, 6.45) is 0. The lowest BCUT2D eigenvalue weighted by Gasteiger charge is -2.34. The zero-order valence-electron chi connectivity index (χ0n) is 21.7. The van der Waals surface area contributed by atoms with Crippen molar-refractivity contribution in [3.63, 3.8) is 0 Å². The molecule has 0 saturated carbocycles. The highest BCUT2D eigenvalue weighted by atomic mass is 16.5. The van der Waals surface area contributed by atoms with Crippen LogP contribution >= 0.6 is 0 Å². The predicted octanol–water partition coefficient (Wildman–Crippen LogP) is 3.53. The number of carbonyl (C=O) groups is 2. The van der Waals surface area contributed by atoms with Gasteiger partial charge in [-0.25, -0.2) is 0 Å². The number of methoxy groups -OCH3 is 3. The monoisotopic (exact) mass is 471 g/mol. The second-order valence-corrected chi connectivity index (χ2v) is 9.70. The summed E-state index contributed by atoms with van der Waals surface area (Å²) >= 11 is 0. The molecule has 3 rings (SSSR count). The molecule has 0 N–H and O–H groups in total. The maximum Gasteiger partial charge on any atom is 0.254 e. The second kappa shape index (κ2) is 10.1. The number of amides is 1. The number of ether oxygens (including phenoxy) is 3. The van der Waals surface area contributed by atoms with Crippen molar-refractivity contribution in [2.45, 2.75) is 40.2 Å². The van der Waals surface area contributed by atoms with Crippen molar-refractivity contribution in [3.8, 4) is 17.2 Å². The van der Waals surface area contributed by atoms with Crippen molar-refractivity contribution in [1.29, 1.82) is 0 Å². The molecular formula is C26H37N3O5. The van der Waals surface area contributed by atoms with Gasteiger partial charge in [0.15, 0.2) is 17.3 Å². The zero-order chi connectivity index (χ0) is 25.2. The molecule has 1 aliphatic heterocycles. The average molecular weight is 472 g/mol. The molecule has 8 nitrogen and oxygen atoms in total. The van der Waals surface area contributed by atoms with E-state index in [-0.39, 0.29) is 17.2 Å². The van der Waals surface area contributed by atoms with Crippen LogP contribution in [0.4, 0.5) is 0 Å². The van der Waals surface area contributed by atoms with E-state index in [0.29, 0.717) is 55.5 Å². The van der Waals surface area contributed by atoms with Gasteiger partial charge in [-0.15, -0.1) is 0 Å². The minimum atomic E-state index is -0.0982. The summed E-state index contributed by atoms with van der Waals surface area (Å²) in [5, 5.41) is 0. The molecule has 1 amide bonds. The lowest BCUT2D eigenvalue weighted by atomic mass is 10.1. The van der Waals surface area contributed by atoms with E-state index in [9.17, 15) is 9.59 Å². The van der Waals surface area contributed by atoms with Gasteiger partial charge in [-0.2, -0.15) is 0 Å². The standard InChI is InChI=1S/C26H37N3O5/c1-17-13-20(18(2)29(17)26(3,4)5)21(30)16-27-9-11-28(12-10-27)25(31)19-14-22(32-6)24(34-8)23(15-19)33-7/h13-15H,9-12,16H2,1-8H3. The van der Waals surface area contributed by atoms with E-state index in [2.05, 4.69) is 30.2 Å². The Bertz CT molecular complexity index is 1030. The highest BCUT2D eigenvalue weighted by molar-refractivity contribution is 5.99. The van der Waals surface area contributed by atoms with Gasteiger partial charge >= 0.3 is 0 Å². The first kappa shape index (κ1) is 25.6. The number of Topliss-reactive ketones (excluding diaryl/α,β-unsaturated/α-hetero) is 1. The Balaban J connectivity index is 1.66. The maximum absolute atomic E-state index is 13.2. The number of aryl methyl sites for hydroxylation is 1. The van der Waals surface area contributed by atoms with E-state index in [1.807, 2.05) is 19.9 Å². The molecule has 1 aromatic carbocycles. The average Bonchev–Trinajstić information content (AvgIpc) is 3.12. The van der Waals surface area contributed by atoms with Gasteiger partial charge in [0.2, 0.25) is 5.75 Å². The third-order valence-electron chi connectivity index (χ3n) is 6.34. The molecule has 8 heteroatoms. The lowest BCUT2D eigenvalue weighted by Crippen LogP contribution is -2.49. The van der Waals surface area contributed by atoms with E-state index < -0.39 is 0 Å². The van der Waals surface area contributed by atoms with Crippen molar-refractivity contribution >= 4 is 11.7 Å². The number of carbonyl (C=O) groups excluding carboxylic acids is 2. The minimum absolute atomic E-state index is 0.0779. The summed E-state index contributed by atoms with van der Waals surface area (Å²) in [4.78, 5) is 30.2. The van der Waals surface area contributed by atoms with E-state index in [0.717, 1.165) is 17.0 Å². The summed E-state index contributed by atoms with van der Waals surface area (Å²) in [5.74, 6) is 1.37. The molecule has 0 radical (unpaired) electrons. The third kappa shape index (κ3) is 5.06. The molecule has 1 fully saturated rings. The fourth-order valence-corrected chi connectivity index (χ4v) is 4.86. The topological polar surface area (TPSA) is 73.2 Å². The number of benzene rings is 1. The van der Waals surface area contributed by atoms with Gasteiger partial charge in [0.05, 0.1) is 27.9 Å². The van der Waals surface area contributed by atoms with Crippen molar-refractivity contribution in [2.75, 3.05) is 54.1 Å². The van der Waals surface area contributed by atoms with Gasteiger partial charge in [-0.1, -0.05) is 0 Å². The molecule has 34 heavy (non-hydrogen) atoms. The Labute approximate surface area is 202 Å². The third-order valence-corrected chi connectivity index (χ3v) is 6.34. The zero-order valence-corrected chi connectivity index (χ0v) is 21.7. The Kier molecular flexibility index (Phi) is 7.60. The molecule has 1 aromatic heterocycles. The largest absolute Gasteiger partial charge is 0.493 e.